The van der Waals surface area contributed by atoms with Gasteiger partial charge in [-0.2, -0.15) is 0 Å². The second kappa shape index (κ2) is 3.81. The molecule has 1 aliphatic carbocycles. The maximum atomic E-state index is 4.00. The largest absolute Gasteiger partial charge is 0.268 e. The predicted molar refractivity (Wildman–Crippen MR) is 48.6 cm³/mol. The molecule has 1 rings (SSSR count). The molecule has 0 spiro atoms. The first kappa shape index (κ1) is 7.86. The molecular formula is C8H13NS. The highest BCUT2D eigenvalue weighted by molar-refractivity contribution is 8.03. The second-order valence-corrected chi connectivity index (χ2v) is 3.67. The lowest BCUT2D eigenvalue weighted by atomic mass is 10.3. The summed E-state index contributed by atoms with van der Waals surface area (Å²) in [6.45, 7) is 5.73. The van der Waals surface area contributed by atoms with Gasteiger partial charge in [-0.1, -0.05) is 6.92 Å². The molecule has 1 nitrogen and oxygen atoms in total. The number of aliphatic imine (C=N–C) groups is 1. The molecule has 0 fully saturated rings. The average Bonchev–Trinajstić information content (AvgIpc) is 2.36. The van der Waals surface area contributed by atoms with Gasteiger partial charge in [-0.3, -0.25) is 4.99 Å². The highest BCUT2D eigenvalue weighted by atomic mass is 32.2. The number of rotatable bonds is 3. The minimum absolute atomic E-state index is 1.14. The Bertz CT molecular complexity index is 161. The first-order valence-electron chi connectivity index (χ1n) is 3.70. The van der Waals surface area contributed by atoms with Crippen molar-refractivity contribution in [2.45, 2.75) is 26.2 Å². The fourth-order valence-electron chi connectivity index (χ4n) is 1.20. The molecule has 0 bridgehead atoms. The van der Waals surface area contributed by atoms with E-state index in [1.165, 1.54) is 23.4 Å². The van der Waals surface area contributed by atoms with E-state index in [1.807, 2.05) is 11.8 Å². The summed E-state index contributed by atoms with van der Waals surface area (Å²) in [6.07, 6.45) is 3.65. The zero-order valence-electron chi connectivity index (χ0n) is 6.39. The standard InChI is InChI=1S/C8H13NS/c1-3-10-8-6-4-5-7(8)9-2/h2-6H2,1H3. The molecule has 0 heterocycles. The van der Waals surface area contributed by atoms with Gasteiger partial charge in [0.25, 0.3) is 0 Å². The summed E-state index contributed by atoms with van der Waals surface area (Å²) in [4.78, 5) is 5.47. The lowest BCUT2D eigenvalue weighted by molar-refractivity contribution is 0.899. The first-order chi connectivity index (χ1) is 4.88. The van der Waals surface area contributed by atoms with Crippen molar-refractivity contribution >= 4 is 18.5 Å². The van der Waals surface area contributed by atoms with E-state index in [0.29, 0.717) is 0 Å². The van der Waals surface area contributed by atoms with Gasteiger partial charge >= 0.3 is 0 Å². The molecule has 0 atom stereocenters. The number of hydrogen-bond donors (Lipinski definition) is 0. The van der Waals surface area contributed by atoms with Crippen LogP contribution in [0.2, 0.25) is 0 Å². The van der Waals surface area contributed by atoms with Gasteiger partial charge in [0.2, 0.25) is 0 Å². The summed E-state index contributed by atoms with van der Waals surface area (Å²) in [7, 11) is 0. The van der Waals surface area contributed by atoms with Gasteiger partial charge in [-0.15, -0.1) is 11.8 Å². The van der Waals surface area contributed by atoms with Gasteiger partial charge in [0.05, 0.1) is 0 Å². The first-order valence-corrected chi connectivity index (χ1v) is 4.68. The molecule has 0 amide bonds. The average molecular weight is 155 g/mol. The fraction of sp³-hybridized carbons (Fsp3) is 0.625. The number of nitrogens with zero attached hydrogens (tertiary/aromatic N) is 1. The van der Waals surface area contributed by atoms with Gasteiger partial charge in [-0.25, -0.2) is 0 Å². The topological polar surface area (TPSA) is 12.4 Å². The van der Waals surface area contributed by atoms with E-state index in [1.54, 1.807) is 0 Å². The summed E-state index contributed by atoms with van der Waals surface area (Å²) in [5.74, 6) is 1.16. The molecule has 10 heavy (non-hydrogen) atoms. The monoisotopic (exact) mass is 155 g/mol. The zero-order valence-corrected chi connectivity index (χ0v) is 7.21. The third-order valence-electron chi connectivity index (χ3n) is 1.65. The third kappa shape index (κ3) is 1.63. The minimum atomic E-state index is 1.14. The molecule has 0 saturated heterocycles. The van der Waals surface area contributed by atoms with Crippen LogP contribution in [0.5, 0.6) is 0 Å². The molecule has 56 valence electrons. The molecule has 0 aromatic rings. The van der Waals surface area contributed by atoms with Crippen LogP contribution in [0.25, 0.3) is 0 Å². The van der Waals surface area contributed by atoms with E-state index in [9.17, 15) is 0 Å². The number of hydrogen-bond acceptors (Lipinski definition) is 2. The lowest BCUT2D eigenvalue weighted by Gasteiger charge is -1.98. The molecule has 1 aliphatic rings. The smallest absolute Gasteiger partial charge is 0.0491 e. The van der Waals surface area contributed by atoms with E-state index >= 15 is 0 Å². The Hall–Kier alpha value is -0.240. The van der Waals surface area contributed by atoms with Crippen molar-refractivity contribution in [3.63, 3.8) is 0 Å². The van der Waals surface area contributed by atoms with E-state index in [2.05, 4.69) is 18.6 Å². The number of allylic oxidation sites excluding steroid dienone is 2. The Kier molecular flexibility index (Phi) is 3.00. The molecule has 0 unspecified atom stereocenters. The summed E-state index contributed by atoms with van der Waals surface area (Å²) >= 11 is 1.92. The predicted octanol–water partition coefficient (Wildman–Crippen LogP) is 2.84. The highest BCUT2D eigenvalue weighted by Crippen LogP contribution is 2.34. The molecule has 0 N–H and O–H groups in total. The molecular weight excluding hydrogens is 142 g/mol. The van der Waals surface area contributed by atoms with Gasteiger partial charge < -0.3 is 0 Å². The van der Waals surface area contributed by atoms with E-state index in [0.717, 1.165) is 12.2 Å². The molecule has 0 aliphatic heterocycles. The van der Waals surface area contributed by atoms with E-state index in [-0.39, 0.29) is 0 Å². The van der Waals surface area contributed by atoms with Crippen molar-refractivity contribution in [3.05, 3.63) is 10.6 Å². The van der Waals surface area contributed by atoms with E-state index in [4.69, 9.17) is 0 Å². The van der Waals surface area contributed by atoms with Crippen LogP contribution in [0.4, 0.5) is 0 Å². The second-order valence-electron chi connectivity index (χ2n) is 2.31. The zero-order chi connectivity index (χ0) is 7.40. The van der Waals surface area contributed by atoms with E-state index < -0.39 is 0 Å². The maximum Gasteiger partial charge on any atom is 0.0491 e. The molecule has 0 aromatic heterocycles. The van der Waals surface area contributed by atoms with Gasteiger partial charge in [0.1, 0.15) is 0 Å². The quantitative estimate of drug-likeness (QED) is 0.571. The van der Waals surface area contributed by atoms with Crippen LogP contribution < -0.4 is 0 Å². The molecule has 0 aromatic carbocycles. The Morgan fingerprint density at radius 3 is 3.00 bits per heavy atom. The van der Waals surface area contributed by atoms with Crippen LogP contribution in [0.1, 0.15) is 26.2 Å². The van der Waals surface area contributed by atoms with Crippen molar-refractivity contribution in [2.24, 2.45) is 4.99 Å². The normalized spacial score (nSPS) is 18.1. The lowest BCUT2D eigenvalue weighted by Crippen LogP contribution is -1.75. The molecule has 2 heteroatoms. The van der Waals surface area contributed by atoms with Crippen molar-refractivity contribution in [2.75, 3.05) is 5.75 Å². The van der Waals surface area contributed by atoms with Crippen LogP contribution in [0, 0.1) is 0 Å². The number of thioether (sulfide) groups is 1. The highest BCUT2D eigenvalue weighted by Gasteiger charge is 2.12. The fourth-order valence-corrected chi connectivity index (χ4v) is 2.17. The van der Waals surface area contributed by atoms with Crippen LogP contribution in [-0.2, 0) is 0 Å². The van der Waals surface area contributed by atoms with Crippen molar-refractivity contribution in [1.29, 1.82) is 0 Å². The Morgan fingerprint density at radius 2 is 2.40 bits per heavy atom. The van der Waals surface area contributed by atoms with Gasteiger partial charge in [0.15, 0.2) is 0 Å². The summed E-state index contributed by atoms with van der Waals surface area (Å²) in [6, 6.07) is 0. The van der Waals surface area contributed by atoms with Crippen LogP contribution in [0.15, 0.2) is 15.6 Å². The SMILES string of the molecule is C=NC1=C(SCC)CCC1. The van der Waals surface area contributed by atoms with Crippen LogP contribution in [-0.4, -0.2) is 12.5 Å². The summed E-state index contributed by atoms with van der Waals surface area (Å²) in [5, 5.41) is 0. The Labute approximate surface area is 66.6 Å². The Balaban J connectivity index is 2.58. The van der Waals surface area contributed by atoms with Crippen molar-refractivity contribution < 1.29 is 0 Å². The minimum Gasteiger partial charge on any atom is -0.268 e. The molecule has 0 radical (unpaired) electrons. The van der Waals surface area contributed by atoms with Gasteiger partial charge in [0, 0.05) is 10.6 Å². The van der Waals surface area contributed by atoms with Crippen LogP contribution in [0.3, 0.4) is 0 Å². The summed E-state index contributed by atoms with van der Waals surface area (Å²) in [5.41, 5.74) is 1.24. The third-order valence-corrected chi connectivity index (χ3v) is 2.73. The van der Waals surface area contributed by atoms with Crippen molar-refractivity contribution in [1.82, 2.24) is 0 Å². The maximum absolute atomic E-state index is 4.00. The summed E-state index contributed by atoms with van der Waals surface area (Å²) < 4.78 is 0. The van der Waals surface area contributed by atoms with Crippen molar-refractivity contribution in [3.8, 4) is 0 Å². The molecule has 0 saturated carbocycles. The van der Waals surface area contributed by atoms with Gasteiger partial charge in [-0.05, 0) is 31.7 Å². The Morgan fingerprint density at radius 1 is 1.60 bits per heavy atom. The van der Waals surface area contributed by atoms with Crippen LogP contribution >= 0.6 is 11.8 Å².